The molecule has 1 unspecified atom stereocenters. The van der Waals surface area contributed by atoms with Gasteiger partial charge in [-0.15, -0.1) is 0 Å². The van der Waals surface area contributed by atoms with Crippen molar-refractivity contribution in [2.75, 3.05) is 6.61 Å². The molecule has 3 aliphatic carbocycles. The van der Waals surface area contributed by atoms with Gasteiger partial charge in [-0.1, -0.05) is 13.5 Å². The van der Waals surface area contributed by atoms with Crippen molar-refractivity contribution in [3.8, 4) is 0 Å². The van der Waals surface area contributed by atoms with E-state index in [9.17, 15) is 9.59 Å². The lowest BCUT2D eigenvalue weighted by molar-refractivity contribution is -0.192. The summed E-state index contributed by atoms with van der Waals surface area (Å²) in [6.07, 6.45) is 3.15. The van der Waals surface area contributed by atoms with Crippen LogP contribution in [-0.4, -0.2) is 30.4 Å². The molecule has 2 bridgehead atoms. The number of fused-ring (bicyclic) bond motifs is 2. The molecule has 0 aromatic rings. The Morgan fingerprint density at radius 2 is 2.18 bits per heavy atom. The van der Waals surface area contributed by atoms with E-state index in [-0.39, 0.29) is 29.4 Å². The van der Waals surface area contributed by atoms with Crippen LogP contribution in [0.5, 0.6) is 0 Å². The number of rotatable bonds is 1. The Morgan fingerprint density at radius 3 is 2.77 bits per heavy atom. The van der Waals surface area contributed by atoms with Gasteiger partial charge in [0.05, 0.1) is 12.5 Å². The number of carbonyl (C=O) groups is 2. The summed E-state index contributed by atoms with van der Waals surface area (Å²) in [7, 11) is 0. The molecule has 5 fully saturated rings. The summed E-state index contributed by atoms with van der Waals surface area (Å²) < 4.78 is 17.0. The molecule has 0 radical (unpaired) electrons. The van der Waals surface area contributed by atoms with Crippen LogP contribution in [-0.2, 0) is 23.8 Å². The highest BCUT2D eigenvalue weighted by molar-refractivity contribution is 5.74. The first-order valence-electron chi connectivity index (χ1n) is 8.08. The molecule has 5 nitrogen and oxygen atoms in total. The highest BCUT2D eigenvalue weighted by atomic mass is 16.7. The second kappa shape index (κ2) is 4.34. The van der Waals surface area contributed by atoms with Crippen LogP contribution < -0.4 is 0 Å². The Kier molecular flexibility index (Phi) is 2.81. The van der Waals surface area contributed by atoms with Gasteiger partial charge in [0.15, 0.2) is 0 Å². The van der Waals surface area contributed by atoms with Crippen molar-refractivity contribution in [3.05, 3.63) is 12.2 Å². The number of carbonyl (C=O) groups excluding carboxylic acids is 2. The summed E-state index contributed by atoms with van der Waals surface area (Å²) in [5, 5.41) is 0. The Bertz CT molecular complexity index is 569. The third-order valence-corrected chi connectivity index (χ3v) is 6.20. The summed E-state index contributed by atoms with van der Waals surface area (Å²) in [4.78, 5) is 23.0. The number of hydrogen-bond donors (Lipinski definition) is 0. The van der Waals surface area contributed by atoms with Gasteiger partial charge in [-0.2, -0.15) is 0 Å². The summed E-state index contributed by atoms with van der Waals surface area (Å²) in [6, 6.07) is 0. The van der Waals surface area contributed by atoms with Gasteiger partial charge in [-0.3, -0.25) is 9.59 Å². The number of esters is 2. The summed E-state index contributed by atoms with van der Waals surface area (Å²) >= 11 is 0. The lowest BCUT2D eigenvalue weighted by Gasteiger charge is -2.60. The molecule has 2 saturated heterocycles. The Hall–Kier alpha value is -1.36. The average Bonchev–Trinajstić information content (AvgIpc) is 2.94. The highest BCUT2D eigenvalue weighted by Gasteiger charge is 2.69. The van der Waals surface area contributed by atoms with Crippen molar-refractivity contribution in [1.82, 2.24) is 0 Å². The maximum Gasteiger partial charge on any atom is 0.311 e. The highest BCUT2D eigenvalue weighted by Crippen LogP contribution is 2.68. The van der Waals surface area contributed by atoms with Crippen LogP contribution in [0.25, 0.3) is 0 Å². The summed E-state index contributed by atoms with van der Waals surface area (Å²) in [6.45, 7) is 8.14. The van der Waals surface area contributed by atoms with E-state index >= 15 is 0 Å². The van der Waals surface area contributed by atoms with Crippen molar-refractivity contribution in [2.45, 2.75) is 51.4 Å². The molecule has 0 aromatic carbocycles. The van der Waals surface area contributed by atoms with Crippen LogP contribution >= 0.6 is 0 Å². The molecule has 5 rings (SSSR count). The largest absolute Gasteiger partial charge is 0.458 e. The minimum atomic E-state index is -0.720. The Labute approximate surface area is 130 Å². The smallest absolute Gasteiger partial charge is 0.311 e. The van der Waals surface area contributed by atoms with Crippen molar-refractivity contribution in [3.63, 3.8) is 0 Å². The third kappa shape index (κ3) is 1.75. The fraction of sp³-hybridized carbons (Fsp3) is 0.765. The van der Waals surface area contributed by atoms with Crippen LogP contribution in [0.2, 0.25) is 0 Å². The van der Waals surface area contributed by atoms with E-state index in [0.29, 0.717) is 24.9 Å². The zero-order valence-electron chi connectivity index (χ0n) is 13.1. The molecular weight excluding hydrogens is 284 g/mol. The quantitative estimate of drug-likeness (QED) is 0.549. The van der Waals surface area contributed by atoms with Gasteiger partial charge in [0.25, 0.3) is 0 Å². The van der Waals surface area contributed by atoms with Gasteiger partial charge in [-0.05, 0) is 30.3 Å². The molecule has 3 saturated carbocycles. The zero-order valence-corrected chi connectivity index (χ0v) is 13.1. The van der Waals surface area contributed by atoms with Crippen molar-refractivity contribution >= 4 is 11.9 Å². The first kappa shape index (κ1) is 14.2. The molecule has 2 aliphatic heterocycles. The van der Waals surface area contributed by atoms with E-state index in [1.54, 1.807) is 0 Å². The molecule has 2 spiro atoms. The third-order valence-electron chi connectivity index (χ3n) is 6.20. The molecule has 6 atom stereocenters. The van der Waals surface area contributed by atoms with Crippen molar-refractivity contribution in [2.24, 2.45) is 23.2 Å². The van der Waals surface area contributed by atoms with Crippen molar-refractivity contribution < 1.29 is 23.8 Å². The maximum atomic E-state index is 11.8. The molecule has 0 amide bonds. The minimum Gasteiger partial charge on any atom is -0.458 e. The lowest BCUT2D eigenvalue weighted by atomic mass is 9.44. The molecule has 22 heavy (non-hydrogen) atoms. The molecule has 5 aliphatic rings. The van der Waals surface area contributed by atoms with E-state index in [1.807, 2.05) is 6.92 Å². The molecule has 5 heteroatoms. The Balaban J connectivity index is 1.53. The van der Waals surface area contributed by atoms with Gasteiger partial charge >= 0.3 is 11.9 Å². The van der Waals surface area contributed by atoms with E-state index in [4.69, 9.17) is 14.2 Å². The van der Waals surface area contributed by atoms with Crippen LogP contribution in [0.1, 0.15) is 39.5 Å². The zero-order chi connectivity index (χ0) is 15.7. The molecule has 0 N–H and O–H groups in total. The van der Waals surface area contributed by atoms with Crippen LogP contribution in [0.3, 0.4) is 0 Å². The van der Waals surface area contributed by atoms with Crippen LogP contribution in [0.4, 0.5) is 0 Å². The first-order valence-corrected chi connectivity index (χ1v) is 8.08. The van der Waals surface area contributed by atoms with Gasteiger partial charge in [0.1, 0.15) is 6.10 Å². The second-order valence-electron chi connectivity index (χ2n) is 7.53. The van der Waals surface area contributed by atoms with Gasteiger partial charge in [0.2, 0.25) is 5.79 Å². The molecule has 120 valence electrons. The van der Waals surface area contributed by atoms with Gasteiger partial charge < -0.3 is 14.2 Å². The molecular formula is C17H22O5. The van der Waals surface area contributed by atoms with Crippen molar-refractivity contribution in [1.29, 1.82) is 0 Å². The number of ether oxygens (including phenoxy) is 3. The average molecular weight is 306 g/mol. The Morgan fingerprint density at radius 1 is 1.41 bits per heavy atom. The van der Waals surface area contributed by atoms with E-state index in [2.05, 4.69) is 6.58 Å². The van der Waals surface area contributed by atoms with Crippen LogP contribution in [0, 0.1) is 23.2 Å². The topological polar surface area (TPSA) is 61.8 Å². The standard InChI is InChI=1S/C17H22O5/c1-9-6-17(22-15(9)19)7-16(8-20-17)12-4-13(16)10(2)14(5-12)21-11(3)18/h9,12-14H,2,4-8H2,1,3H3/t9-,12+,13-,14-,16?,17+/m0/s1. The summed E-state index contributed by atoms with van der Waals surface area (Å²) in [5.74, 6) is -0.447. The lowest BCUT2D eigenvalue weighted by Crippen LogP contribution is -2.58. The predicted molar refractivity (Wildman–Crippen MR) is 76.5 cm³/mol. The monoisotopic (exact) mass is 306 g/mol. The maximum absolute atomic E-state index is 11.8. The normalized spacial score (nSPS) is 49.4. The predicted octanol–water partition coefficient (Wildman–Crippen LogP) is 2.20. The van der Waals surface area contributed by atoms with E-state index in [0.717, 1.165) is 24.8 Å². The van der Waals surface area contributed by atoms with E-state index in [1.165, 1.54) is 6.92 Å². The SMILES string of the molecule is C=C1[C@@H](OC(C)=O)C[C@H]2C[C@@H]1C21CO[C@@]2(C[C@H](C)C(=O)O2)C1. The second-order valence-corrected chi connectivity index (χ2v) is 7.53. The molecule has 2 heterocycles. The molecule has 0 aromatic heterocycles. The van der Waals surface area contributed by atoms with Gasteiger partial charge in [-0.25, -0.2) is 0 Å². The fourth-order valence-corrected chi connectivity index (χ4v) is 5.12. The first-order chi connectivity index (χ1) is 10.4. The van der Waals surface area contributed by atoms with Crippen LogP contribution in [0.15, 0.2) is 12.2 Å². The van der Waals surface area contributed by atoms with Gasteiger partial charge in [0, 0.05) is 25.2 Å². The fourth-order valence-electron chi connectivity index (χ4n) is 5.12. The van der Waals surface area contributed by atoms with E-state index < -0.39 is 5.79 Å². The summed E-state index contributed by atoms with van der Waals surface area (Å²) in [5.41, 5.74) is 1.04. The minimum absolute atomic E-state index is 0.0259. The number of hydrogen-bond acceptors (Lipinski definition) is 5.